The zero-order valence-electron chi connectivity index (χ0n) is 7.44. The van der Waals surface area contributed by atoms with Crippen molar-refractivity contribution in [3.05, 3.63) is 6.92 Å². The summed E-state index contributed by atoms with van der Waals surface area (Å²) in [5, 5.41) is 0. The van der Waals surface area contributed by atoms with Crippen molar-refractivity contribution in [3.63, 3.8) is 0 Å². The van der Waals surface area contributed by atoms with Crippen LogP contribution in [0, 0.1) is 6.92 Å². The minimum atomic E-state index is 0.0647. The molecule has 0 aliphatic carbocycles. The lowest BCUT2D eigenvalue weighted by Crippen LogP contribution is -2.21. The number of rotatable bonds is 5. The summed E-state index contributed by atoms with van der Waals surface area (Å²) in [6.45, 7) is 8.03. The molecule has 0 aromatic rings. The van der Waals surface area contributed by atoms with Gasteiger partial charge in [0.25, 0.3) is 0 Å². The van der Waals surface area contributed by atoms with Gasteiger partial charge in [-0.15, -0.1) is 0 Å². The van der Waals surface area contributed by atoms with Gasteiger partial charge in [0.15, 0.2) is 0 Å². The molecule has 0 rings (SSSR count). The molecule has 0 atom stereocenters. The van der Waals surface area contributed by atoms with Crippen molar-refractivity contribution in [1.29, 1.82) is 0 Å². The van der Waals surface area contributed by atoms with Gasteiger partial charge in [0, 0.05) is 7.11 Å². The van der Waals surface area contributed by atoms with E-state index < -0.39 is 0 Å². The number of methoxy groups -OCH3 is 1. The highest BCUT2D eigenvalue weighted by molar-refractivity contribution is 4.67. The lowest BCUT2D eigenvalue weighted by molar-refractivity contribution is 0.0135. The van der Waals surface area contributed by atoms with Crippen LogP contribution in [0.15, 0.2) is 0 Å². The van der Waals surface area contributed by atoms with Crippen molar-refractivity contribution < 1.29 is 4.74 Å². The first kappa shape index (κ1) is 9.96. The van der Waals surface area contributed by atoms with Gasteiger partial charge >= 0.3 is 0 Å². The normalized spacial score (nSPS) is 12.0. The second kappa shape index (κ2) is 4.73. The summed E-state index contributed by atoms with van der Waals surface area (Å²) >= 11 is 0. The van der Waals surface area contributed by atoms with Gasteiger partial charge in [-0.25, -0.2) is 0 Å². The molecule has 61 valence electrons. The van der Waals surface area contributed by atoms with E-state index >= 15 is 0 Å². The van der Waals surface area contributed by atoms with Gasteiger partial charge < -0.3 is 4.74 Å². The van der Waals surface area contributed by atoms with E-state index in [9.17, 15) is 0 Å². The van der Waals surface area contributed by atoms with Crippen LogP contribution in [0.5, 0.6) is 0 Å². The molecule has 0 heterocycles. The molecule has 0 N–H and O–H groups in total. The van der Waals surface area contributed by atoms with Crippen LogP contribution < -0.4 is 0 Å². The molecule has 10 heavy (non-hydrogen) atoms. The molecule has 0 fully saturated rings. The quantitative estimate of drug-likeness (QED) is 0.538. The fraction of sp³-hybridized carbons (Fsp3) is 0.889. The van der Waals surface area contributed by atoms with Gasteiger partial charge in [-0.05, 0) is 20.3 Å². The van der Waals surface area contributed by atoms with Crippen molar-refractivity contribution in [2.24, 2.45) is 0 Å². The van der Waals surface area contributed by atoms with Crippen LogP contribution in [0.1, 0.15) is 39.5 Å². The van der Waals surface area contributed by atoms with Crippen LogP contribution in [0.3, 0.4) is 0 Å². The second-order valence-corrected chi connectivity index (χ2v) is 3.27. The Morgan fingerprint density at radius 1 is 1.30 bits per heavy atom. The van der Waals surface area contributed by atoms with E-state index in [2.05, 4.69) is 20.8 Å². The van der Waals surface area contributed by atoms with Gasteiger partial charge in [-0.3, -0.25) is 0 Å². The summed E-state index contributed by atoms with van der Waals surface area (Å²) in [6, 6.07) is 0. The average Bonchev–Trinajstić information content (AvgIpc) is 1.89. The van der Waals surface area contributed by atoms with E-state index in [4.69, 9.17) is 4.74 Å². The Hall–Kier alpha value is -0.0400. The molecule has 0 amide bonds. The molecule has 1 radical (unpaired) electrons. The highest BCUT2D eigenvalue weighted by Gasteiger charge is 2.14. The molecule has 0 aliphatic rings. The molecule has 0 aliphatic heterocycles. The van der Waals surface area contributed by atoms with E-state index in [1.54, 1.807) is 7.11 Å². The minimum Gasteiger partial charge on any atom is -0.379 e. The average molecular weight is 143 g/mol. The van der Waals surface area contributed by atoms with Crippen molar-refractivity contribution in [1.82, 2.24) is 0 Å². The van der Waals surface area contributed by atoms with Crippen LogP contribution in [0.4, 0.5) is 0 Å². The van der Waals surface area contributed by atoms with Crippen molar-refractivity contribution >= 4 is 0 Å². The van der Waals surface area contributed by atoms with Crippen LogP contribution in [0.2, 0.25) is 0 Å². The van der Waals surface area contributed by atoms with Crippen molar-refractivity contribution in [2.75, 3.05) is 7.11 Å². The summed E-state index contributed by atoms with van der Waals surface area (Å²) in [5.41, 5.74) is 0.0647. The fourth-order valence-corrected chi connectivity index (χ4v) is 0.830. The van der Waals surface area contributed by atoms with Crippen LogP contribution >= 0.6 is 0 Å². The Kier molecular flexibility index (Phi) is 4.71. The monoisotopic (exact) mass is 143 g/mol. The first-order valence-electron chi connectivity index (χ1n) is 3.97. The Balaban J connectivity index is 3.28. The predicted octanol–water partition coefficient (Wildman–Crippen LogP) is 2.81. The van der Waals surface area contributed by atoms with Crippen LogP contribution in [0.25, 0.3) is 0 Å². The Labute approximate surface area is 64.8 Å². The number of hydrogen-bond acceptors (Lipinski definition) is 1. The SMILES string of the molecule is [CH2]CCCCC(C)(C)OC. The van der Waals surface area contributed by atoms with Gasteiger partial charge in [0.2, 0.25) is 0 Å². The maximum absolute atomic E-state index is 5.26. The van der Waals surface area contributed by atoms with Gasteiger partial charge in [0.05, 0.1) is 5.60 Å². The zero-order chi connectivity index (χ0) is 8.04. The molecule has 0 saturated carbocycles. The van der Waals surface area contributed by atoms with Gasteiger partial charge in [-0.1, -0.05) is 26.2 Å². The van der Waals surface area contributed by atoms with E-state index in [0.717, 1.165) is 12.8 Å². The standard InChI is InChI=1S/C9H19O/c1-5-6-7-8-9(2,3)10-4/h1,5-8H2,2-4H3. The molecule has 1 nitrogen and oxygen atoms in total. The van der Waals surface area contributed by atoms with Crippen molar-refractivity contribution in [3.8, 4) is 0 Å². The maximum Gasteiger partial charge on any atom is 0.0622 e. The van der Waals surface area contributed by atoms with Gasteiger partial charge in [0.1, 0.15) is 0 Å². The Morgan fingerprint density at radius 2 is 1.90 bits per heavy atom. The molecule has 0 saturated heterocycles. The molecule has 0 unspecified atom stereocenters. The van der Waals surface area contributed by atoms with Gasteiger partial charge in [-0.2, -0.15) is 0 Å². The highest BCUT2D eigenvalue weighted by atomic mass is 16.5. The zero-order valence-corrected chi connectivity index (χ0v) is 7.44. The summed E-state index contributed by atoms with van der Waals surface area (Å²) in [7, 11) is 1.77. The third-order valence-corrected chi connectivity index (χ3v) is 1.83. The summed E-state index contributed by atoms with van der Waals surface area (Å²) < 4.78 is 5.26. The molecule has 0 bridgehead atoms. The Morgan fingerprint density at radius 3 is 2.30 bits per heavy atom. The molecule has 0 aromatic carbocycles. The molecular formula is C9H19O. The summed E-state index contributed by atoms with van der Waals surface area (Å²) in [4.78, 5) is 0. The number of ether oxygens (including phenoxy) is 1. The summed E-state index contributed by atoms with van der Waals surface area (Å²) in [6.07, 6.45) is 4.62. The molecule has 1 heteroatoms. The Bertz CT molecular complexity index is 76.8. The smallest absolute Gasteiger partial charge is 0.0622 e. The maximum atomic E-state index is 5.26. The van der Waals surface area contributed by atoms with E-state index in [0.29, 0.717) is 0 Å². The van der Waals surface area contributed by atoms with Crippen molar-refractivity contribution in [2.45, 2.75) is 45.1 Å². The minimum absolute atomic E-state index is 0.0647. The summed E-state index contributed by atoms with van der Waals surface area (Å²) in [5.74, 6) is 0. The largest absolute Gasteiger partial charge is 0.379 e. The topological polar surface area (TPSA) is 9.23 Å². The number of unbranched alkanes of at least 4 members (excludes halogenated alkanes) is 2. The van der Waals surface area contributed by atoms with Crippen LogP contribution in [-0.2, 0) is 4.74 Å². The van der Waals surface area contributed by atoms with E-state index in [-0.39, 0.29) is 5.60 Å². The predicted molar refractivity (Wildman–Crippen MR) is 44.9 cm³/mol. The third kappa shape index (κ3) is 4.80. The second-order valence-electron chi connectivity index (χ2n) is 3.27. The molecule has 0 spiro atoms. The highest BCUT2D eigenvalue weighted by Crippen LogP contribution is 2.16. The molecular weight excluding hydrogens is 124 g/mol. The third-order valence-electron chi connectivity index (χ3n) is 1.83. The first-order chi connectivity index (χ1) is 4.62. The first-order valence-corrected chi connectivity index (χ1v) is 3.97. The van der Waals surface area contributed by atoms with E-state index in [1.807, 2.05) is 0 Å². The fourth-order valence-electron chi connectivity index (χ4n) is 0.830. The van der Waals surface area contributed by atoms with E-state index in [1.165, 1.54) is 12.8 Å². The number of hydrogen-bond donors (Lipinski definition) is 0. The lowest BCUT2D eigenvalue weighted by Gasteiger charge is -2.22. The lowest BCUT2D eigenvalue weighted by atomic mass is 10.0. The van der Waals surface area contributed by atoms with Crippen LogP contribution in [-0.4, -0.2) is 12.7 Å². The molecule has 0 aromatic heterocycles.